The van der Waals surface area contributed by atoms with Gasteiger partial charge in [-0.2, -0.15) is 0 Å². The van der Waals surface area contributed by atoms with E-state index in [1.807, 2.05) is 17.8 Å². The number of hydrogen-bond acceptors (Lipinski definition) is 1. The molecule has 3 heteroatoms. The molecular formula is C16H18FNO. The Morgan fingerprint density at radius 3 is 3.00 bits per heavy atom. The number of hydrogen-bond donors (Lipinski definition) is 0. The first-order valence-corrected chi connectivity index (χ1v) is 6.91. The highest BCUT2D eigenvalue weighted by atomic mass is 19.1. The van der Waals surface area contributed by atoms with Crippen LogP contribution in [0.1, 0.15) is 31.2 Å². The van der Waals surface area contributed by atoms with Crippen molar-refractivity contribution >= 4 is 16.7 Å². The van der Waals surface area contributed by atoms with E-state index in [1.165, 1.54) is 6.07 Å². The topological polar surface area (TPSA) is 22.0 Å². The molecule has 0 radical (unpaired) electrons. The predicted molar refractivity (Wildman–Crippen MR) is 73.5 cm³/mol. The maximum atomic E-state index is 13.4. The summed E-state index contributed by atoms with van der Waals surface area (Å²) in [5.41, 5.74) is 2.12. The lowest BCUT2D eigenvalue weighted by Gasteiger charge is -2.19. The minimum Gasteiger partial charge on any atom is -0.350 e. The molecule has 1 saturated carbocycles. The second-order valence-electron chi connectivity index (χ2n) is 5.54. The fraction of sp³-hybridized carbons (Fsp3) is 0.438. The predicted octanol–water partition coefficient (Wildman–Crippen LogP) is 3.62. The smallest absolute Gasteiger partial charge is 0.136 e. The Morgan fingerprint density at radius 2 is 2.21 bits per heavy atom. The standard InChI is InChI=1S/C16H18FNO/c1-18-10-12(8-11-4-2-3-5-16(11)19)14-9-13(17)6-7-15(14)18/h6-7,9-11H,2-5,8H2,1H3. The first kappa shape index (κ1) is 12.4. The van der Waals surface area contributed by atoms with Gasteiger partial charge in [0.15, 0.2) is 0 Å². The molecule has 0 aliphatic heterocycles. The molecule has 2 nitrogen and oxygen atoms in total. The first-order chi connectivity index (χ1) is 9.15. The van der Waals surface area contributed by atoms with E-state index >= 15 is 0 Å². The van der Waals surface area contributed by atoms with Crippen LogP contribution in [-0.2, 0) is 18.3 Å². The van der Waals surface area contributed by atoms with Crippen molar-refractivity contribution in [3.05, 3.63) is 35.8 Å². The summed E-state index contributed by atoms with van der Waals surface area (Å²) >= 11 is 0. The van der Waals surface area contributed by atoms with Gasteiger partial charge < -0.3 is 4.57 Å². The van der Waals surface area contributed by atoms with Crippen molar-refractivity contribution in [1.29, 1.82) is 0 Å². The second kappa shape index (κ2) is 4.80. The normalized spacial score (nSPS) is 20.1. The Balaban J connectivity index is 1.96. The van der Waals surface area contributed by atoms with Gasteiger partial charge in [-0.25, -0.2) is 4.39 Å². The van der Waals surface area contributed by atoms with Crippen LogP contribution in [0.25, 0.3) is 10.9 Å². The maximum absolute atomic E-state index is 13.4. The monoisotopic (exact) mass is 259 g/mol. The van der Waals surface area contributed by atoms with Gasteiger partial charge in [-0.15, -0.1) is 0 Å². The Morgan fingerprint density at radius 1 is 1.37 bits per heavy atom. The number of halogens is 1. The Bertz CT molecular complexity index is 629. The van der Waals surface area contributed by atoms with Crippen molar-refractivity contribution in [2.45, 2.75) is 32.1 Å². The fourth-order valence-electron chi connectivity index (χ4n) is 3.14. The molecule has 1 aliphatic rings. The van der Waals surface area contributed by atoms with Gasteiger partial charge in [-0.1, -0.05) is 6.42 Å². The Kier molecular flexibility index (Phi) is 3.13. The Labute approximate surface area is 112 Å². The molecule has 1 aromatic heterocycles. The zero-order valence-corrected chi connectivity index (χ0v) is 11.2. The van der Waals surface area contributed by atoms with Gasteiger partial charge in [0.2, 0.25) is 0 Å². The molecule has 1 heterocycles. The highest BCUT2D eigenvalue weighted by molar-refractivity contribution is 5.86. The molecule has 1 unspecified atom stereocenters. The lowest BCUT2D eigenvalue weighted by molar-refractivity contribution is -0.124. The zero-order chi connectivity index (χ0) is 13.4. The van der Waals surface area contributed by atoms with Crippen molar-refractivity contribution in [2.75, 3.05) is 0 Å². The molecule has 0 bridgehead atoms. The van der Waals surface area contributed by atoms with E-state index in [9.17, 15) is 9.18 Å². The number of aryl methyl sites for hydroxylation is 1. The van der Waals surface area contributed by atoms with E-state index < -0.39 is 0 Å². The third-order valence-corrected chi connectivity index (χ3v) is 4.18. The minimum atomic E-state index is -0.213. The lowest BCUT2D eigenvalue weighted by Crippen LogP contribution is -2.20. The molecule has 3 rings (SSSR count). The SMILES string of the molecule is Cn1cc(CC2CCCCC2=O)c2cc(F)ccc21. The van der Waals surface area contributed by atoms with Crippen LogP contribution in [0.4, 0.5) is 4.39 Å². The summed E-state index contributed by atoms with van der Waals surface area (Å²) in [4.78, 5) is 11.9. The summed E-state index contributed by atoms with van der Waals surface area (Å²) < 4.78 is 15.4. The highest BCUT2D eigenvalue weighted by Crippen LogP contribution is 2.29. The summed E-state index contributed by atoms with van der Waals surface area (Å²) in [5, 5.41) is 0.945. The van der Waals surface area contributed by atoms with Gasteiger partial charge in [-0.3, -0.25) is 4.79 Å². The van der Waals surface area contributed by atoms with Crippen LogP contribution < -0.4 is 0 Å². The van der Waals surface area contributed by atoms with Crippen LogP contribution in [0.3, 0.4) is 0 Å². The number of Topliss-reactive ketones (excluding diaryl/α,β-unsaturated/α-hetero) is 1. The van der Waals surface area contributed by atoms with Gasteiger partial charge in [0.1, 0.15) is 11.6 Å². The van der Waals surface area contributed by atoms with Gasteiger partial charge in [0.25, 0.3) is 0 Å². The van der Waals surface area contributed by atoms with Gasteiger partial charge in [0, 0.05) is 36.5 Å². The van der Waals surface area contributed by atoms with Gasteiger partial charge in [-0.05, 0) is 43.0 Å². The van der Waals surface area contributed by atoms with Crippen LogP contribution in [0.2, 0.25) is 0 Å². The molecule has 1 fully saturated rings. The van der Waals surface area contributed by atoms with E-state index in [0.717, 1.165) is 42.1 Å². The third kappa shape index (κ3) is 2.29. The average Bonchev–Trinajstić information content (AvgIpc) is 2.69. The molecular weight excluding hydrogens is 241 g/mol. The second-order valence-corrected chi connectivity index (χ2v) is 5.54. The first-order valence-electron chi connectivity index (χ1n) is 6.91. The largest absolute Gasteiger partial charge is 0.350 e. The van der Waals surface area contributed by atoms with Crippen molar-refractivity contribution in [3.8, 4) is 0 Å². The quantitative estimate of drug-likeness (QED) is 0.807. The van der Waals surface area contributed by atoms with E-state index in [2.05, 4.69) is 0 Å². The summed E-state index contributed by atoms with van der Waals surface area (Å²) in [5.74, 6) is 0.289. The molecule has 0 amide bonds. The average molecular weight is 259 g/mol. The fourth-order valence-corrected chi connectivity index (χ4v) is 3.14. The van der Waals surface area contributed by atoms with Crippen LogP contribution in [0, 0.1) is 11.7 Å². The van der Waals surface area contributed by atoms with Crippen molar-refractivity contribution in [2.24, 2.45) is 13.0 Å². The van der Waals surface area contributed by atoms with Crippen molar-refractivity contribution < 1.29 is 9.18 Å². The maximum Gasteiger partial charge on any atom is 0.136 e. The number of fused-ring (bicyclic) bond motifs is 1. The molecule has 0 spiro atoms. The molecule has 100 valence electrons. The molecule has 1 aliphatic carbocycles. The number of carbonyl (C=O) groups excluding carboxylic acids is 1. The van der Waals surface area contributed by atoms with Crippen molar-refractivity contribution in [3.63, 3.8) is 0 Å². The summed E-state index contributed by atoms with van der Waals surface area (Å²) in [6, 6.07) is 4.87. The van der Waals surface area contributed by atoms with Gasteiger partial charge >= 0.3 is 0 Å². The summed E-state index contributed by atoms with van der Waals surface area (Å²) in [6.07, 6.45) is 6.63. The van der Waals surface area contributed by atoms with Crippen LogP contribution in [0.5, 0.6) is 0 Å². The highest BCUT2D eigenvalue weighted by Gasteiger charge is 2.23. The zero-order valence-electron chi connectivity index (χ0n) is 11.2. The lowest BCUT2D eigenvalue weighted by atomic mass is 9.84. The van der Waals surface area contributed by atoms with E-state index in [0.29, 0.717) is 12.2 Å². The van der Waals surface area contributed by atoms with Crippen LogP contribution in [-0.4, -0.2) is 10.4 Å². The molecule has 1 atom stereocenters. The number of benzene rings is 1. The number of ketones is 1. The molecule has 19 heavy (non-hydrogen) atoms. The summed E-state index contributed by atoms with van der Waals surface area (Å²) in [7, 11) is 1.96. The van der Waals surface area contributed by atoms with Crippen LogP contribution >= 0.6 is 0 Å². The number of rotatable bonds is 2. The molecule has 0 saturated heterocycles. The van der Waals surface area contributed by atoms with Gasteiger partial charge in [0.05, 0.1) is 0 Å². The molecule has 0 N–H and O–H groups in total. The minimum absolute atomic E-state index is 0.127. The number of carbonyl (C=O) groups is 1. The van der Waals surface area contributed by atoms with Crippen molar-refractivity contribution in [1.82, 2.24) is 4.57 Å². The Hall–Kier alpha value is -1.64. The van der Waals surface area contributed by atoms with Crippen LogP contribution in [0.15, 0.2) is 24.4 Å². The van der Waals surface area contributed by atoms with E-state index in [4.69, 9.17) is 0 Å². The summed E-state index contributed by atoms with van der Waals surface area (Å²) in [6.45, 7) is 0. The third-order valence-electron chi connectivity index (χ3n) is 4.18. The van der Waals surface area contributed by atoms with E-state index in [-0.39, 0.29) is 11.7 Å². The number of nitrogens with zero attached hydrogens (tertiary/aromatic N) is 1. The number of aromatic nitrogens is 1. The molecule has 1 aromatic carbocycles. The molecule has 2 aromatic rings. The van der Waals surface area contributed by atoms with E-state index in [1.54, 1.807) is 12.1 Å².